The number of benzene rings is 1. The van der Waals surface area contributed by atoms with Gasteiger partial charge in [0.25, 0.3) is 0 Å². The van der Waals surface area contributed by atoms with Gasteiger partial charge in [-0.3, -0.25) is 9.69 Å². The zero-order chi connectivity index (χ0) is 17.0. The van der Waals surface area contributed by atoms with Gasteiger partial charge in [0.15, 0.2) is 0 Å². The molecule has 1 aromatic carbocycles. The van der Waals surface area contributed by atoms with Gasteiger partial charge in [-0.1, -0.05) is 23.7 Å². The minimum Gasteiger partial charge on any atom is -0.338 e. The van der Waals surface area contributed by atoms with Crippen molar-refractivity contribution in [1.82, 2.24) is 9.80 Å². The summed E-state index contributed by atoms with van der Waals surface area (Å²) in [6.07, 6.45) is 0. The predicted molar refractivity (Wildman–Crippen MR) is 93.2 cm³/mol. The standard InChI is InChI=1S/C17H20ClFN2OS/c1-12(13-4-6-14(19)7-5-13)21(3)17(22)11-20(2)10-15-8-9-16(18)23-15/h4-9,12H,10-11H2,1-3H3. The molecule has 0 bridgehead atoms. The second kappa shape index (κ2) is 7.90. The summed E-state index contributed by atoms with van der Waals surface area (Å²) in [4.78, 5) is 17.2. The van der Waals surface area contributed by atoms with Gasteiger partial charge in [0.2, 0.25) is 5.91 Å². The van der Waals surface area contributed by atoms with Crippen molar-refractivity contribution in [3.63, 3.8) is 0 Å². The number of carbonyl (C=O) groups is 1. The van der Waals surface area contributed by atoms with E-state index in [-0.39, 0.29) is 17.8 Å². The van der Waals surface area contributed by atoms with Crippen LogP contribution in [0.4, 0.5) is 4.39 Å². The summed E-state index contributed by atoms with van der Waals surface area (Å²) in [5.74, 6) is -0.253. The Labute approximate surface area is 145 Å². The third-order valence-corrected chi connectivity index (χ3v) is 5.00. The monoisotopic (exact) mass is 354 g/mol. The Kier molecular flexibility index (Phi) is 6.16. The molecule has 2 aromatic rings. The maximum atomic E-state index is 13.0. The van der Waals surface area contributed by atoms with E-state index in [1.54, 1.807) is 24.1 Å². The molecule has 23 heavy (non-hydrogen) atoms. The number of hydrogen-bond acceptors (Lipinski definition) is 3. The normalized spacial score (nSPS) is 12.4. The van der Waals surface area contributed by atoms with Crippen molar-refractivity contribution in [2.45, 2.75) is 19.5 Å². The molecule has 3 nitrogen and oxygen atoms in total. The van der Waals surface area contributed by atoms with Gasteiger partial charge in [-0.15, -0.1) is 11.3 Å². The Bertz CT molecular complexity index is 659. The first kappa shape index (κ1) is 17.9. The van der Waals surface area contributed by atoms with E-state index in [9.17, 15) is 9.18 Å². The lowest BCUT2D eigenvalue weighted by Gasteiger charge is -2.27. The number of nitrogens with zero attached hydrogens (tertiary/aromatic N) is 2. The largest absolute Gasteiger partial charge is 0.338 e. The van der Waals surface area contributed by atoms with Crippen molar-refractivity contribution in [1.29, 1.82) is 0 Å². The molecule has 0 saturated carbocycles. The molecular weight excluding hydrogens is 335 g/mol. The van der Waals surface area contributed by atoms with Crippen LogP contribution in [0.3, 0.4) is 0 Å². The molecule has 0 saturated heterocycles. The van der Waals surface area contributed by atoms with Crippen molar-refractivity contribution < 1.29 is 9.18 Å². The van der Waals surface area contributed by atoms with Gasteiger partial charge in [0.1, 0.15) is 5.82 Å². The molecule has 0 aliphatic heterocycles. The van der Waals surface area contributed by atoms with E-state index in [1.807, 2.05) is 31.0 Å². The van der Waals surface area contributed by atoms with Crippen LogP contribution in [-0.2, 0) is 11.3 Å². The molecule has 0 aliphatic carbocycles. The van der Waals surface area contributed by atoms with Crippen LogP contribution in [0.2, 0.25) is 4.34 Å². The average molecular weight is 355 g/mol. The SMILES string of the molecule is CC(c1ccc(F)cc1)N(C)C(=O)CN(C)Cc1ccc(Cl)s1. The van der Waals surface area contributed by atoms with E-state index in [0.717, 1.165) is 14.8 Å². The highest BCUT2D eigenvalue weighted by Gasteiger charge is 2.19. The first-order chi connectivity index (χ1) is 10.9. The van der Waals surface area contributed by atoms with E-state index >= 15 is 0 Å². The third-order valence-electron chi connectivity index (χ3n) is 3.79. The quantitative estimate of drug-likeness (QED) is 0.776. The van der Waals surface area contributed by atoms with Gasteiger partial charge in [-0.05, 0) is 43.8 Å². The Balaban J connectivity index is 1.92. The molecule has 0 spiro atoms. The maximum absolute atomic E-state index is 13.0. The lowest BCUT2D eigenvalue weighted by molar-refractivity contribution is -0.132. The maximum Gasteiger partial charge on any atom is 0.236 e. The summed E-state index contributed by atoms with van der Waals surface area (Å²) in [6, 6.07) is 9.97. The van der Waals surface area contributed by atoms with E-state index in [2.05, 4.69) is 0 Å². The molecule has 0 N–H and O–H groups in total. The minimum absolute atomic E-state index is 0.0204. The number of amides is 1. The summed E-state index contributed by atoms with van der Waals surface area (Å²) < 4.78 is 13.7. The summed E-state index contributed by atoms with van der Waals surface area (Å²) in [6.45, 7) is 2.93. The van der Waals surface area contributed by atoms with Crippen LogP contribution in [0.1, 0.15) is 23.4 Å². The van der Waals surface area contributed by atoms with Gasteiger partial charge in [0, 0.05) is 18.5 Å². The molecule has 0 fully saturated rings. The van der Waals surface area contributed by atoms with Gasteiger partial charge >= 0.3 is 0 Å². The van der Waals surface area contributed by atoms with Crippen molar-refractivity contribution in [2.75, 3.05) is 20.6 Å². The number of carbonyl (C=O) groups excluding carboxylic acids is 1. The van der Waals surface area contributed by atoms with Crippen LogP contribution < -0.4 is 0 Å². The first-order valence-electron chi connectivity index (χ1n) is 7.30. The number of hydrogen-bond donors (Lipinski definition) is 0. The van der Waals surface area contributed by atoms with Crippen molar-refractivity contribution in [2.24, 2.45) is 0 Å². The van der Waals surface area contributed by atoms with Gasteiger partial charge in [-0.25, -0.2) is 4.39 Å². The Hall–Kier alpha value is -1.43. The van der Waals surface area contributed by atoms with Crippen LogP contribution in [0, 0.1) is 5.82 Å². The van der Waals surface area contributed by atoms with Gasteiger partial charge in [-0.2, -0.15) is 0 Å². The fourth-order valence-electron chi connectivity index (χ4n) is 2.28. The van der Waals surface area contributed by atoms with Crippen molar-refractivity contribution in [3.8, 4) is 0 Å². The summed E-state index contributed by atoms with van der Waals surface area (Å²) in [5, 5.41) is 0. The van der Waals surface area contributed by atoms with Crippen LogP contribution in [0.15, 0.2) is 36.4 Å². The number of thiophene rings is 1. The number of likely N-dealkylation sites (N-methyl/N-ethyl adjacent to an activating group) is 2. The molecule has 1 amide bonds. The van der Waals surface area contributed by atoms with Crippen LogP contribution in [-0.4, -0.2) is 36.3 Å². The van der Waals surface area contributed by atoms with E-state index in [1.165, 1.54) is 23.5 Å². The zero-order valence-electron chi connectivity index (χ0n) is 13.4. The molecule has 1 heterocycles. The Morgan fingerprint density at radius 1 is 1.22 bits per heavy atom. The van der Waals surface area contributed by atoms with Crippen LogP contribution in [0.5, 0.6) is 0 Å². The van der Waals surface area contributed by atoms with Crippen LogP contribution in [0.25, 0.3) is 0 Å². The first-order valence-corrected chi connectivity index (χ1v) is 8.50. The lowest BCUT2D eigenvalue weighted by atomic mass is 10.1. The lowest BCUT2D eigenvalue weighted by Crippen LogP contribution is -2.37. The smallest absolute Gasteiger partial charge is 0.236 e. The number of rotatable bonds is 6. The highest BCUT2D eigenvalue weighted by atomic mass is 35.5. The predicted octanol–water partition coefficient (Wildman–Crippen LogP) is 4.19. The number of halogens is 2. The second-order valence-corrected chi connectivity index (χ2v) is 7.41. The summed E-state index contributed by atoms with van der Waals surface area (Å²) in [7, 11) is 3.67. The van der Waals surface area contributed by atoms with E-state index < -0.39 is 0 Å². The zero-order valence-corrected chi connectivity index (χ0v) is 15.0. The van der Waals surface area contributed by atoms with Gasteiger partial charge < -0.3 is 4.90 Å². The molecule has 2 rings (SSSR count). The molecule has 1 unspecified atom stereocenters. The molecule has 0 radical (unpaired) electrons. The molecular formula is C17H20ClFN2OS. The van der Waals surface area contributed by atoms with E-state index in [4.69, 9.17) is 11.6 Å². The fourth-order valence-corrected chi connectivity index (χ4v) is 3.45. The third kappa shape index (κ3) is 5.03. The highest BCUT2D eigenvalue weighted by Crippen LogP contribution is 2.23. The molecule has 1 atom stereocenters. The molecule has 1 aromatic heterocycles. The average Bonchev–Trinajstić information content (AvgIpc) is 2.91. The summed E-state index contributed by atoms with van der Waals surface area (Å²) >= 11 is 7.44. The second-order valence-electron chi connectivity index (χ2n) is 5.61. The highest BCUT2D eigenvalue weighted by molar-refractivity contribution is 7.16. The minimum atomic E-state index is -0.274. The Morgan fingerprint density at radius 3 is 2.43 bits per heavy atom. The summed E-state index contributed by atoms with van der Waals surface area (Å²) in [5.41, 5.74) is 0.912. The fraction of sp³-hybridized carbons (Fsp3) is 0.353. The van der Waals surface area contributed by atoms with E-state index in [0.29, 0.717) is 13.1 Å². The topological polar surface area (TPSA) is 23.6 Å². The van der Waals surface area contributed by atoms with Gasteiger partial charge in [0.05, 0.1) is 16.9 Å². The van der Waals surface area contributed by atoms with Crippen LogP contribution >= 0.6 is 22.9 Å². The van der Waals surface area contributed by atoms with Crippen molar-refractivity contribution in [3.05, 3.63) is 57.0 Å². The molecule has 6 heteroatoms. The van der Waals surface area contributed by atoms with Crippen molar-refractivity contribution >= 4 is 28.8 Å². The molecule has 0 aliphatic rings. The molecule has 124 valence electrons. The Morgan fingerprint density at radius 2 is 1.87 bits per heavy atom.